The Labute approximate surface area is 155 Å². The van der Waals surface area contributed by atoms with Gasteiger partial charge in [-0.2, -0.15) is 9.78 Å². The van der Waals surface area contributed by atoms with Gasteiger partial charge < -0.3 is 5.32 Å². The molecule has 0 amide bonds. The van der Waals surface area contributed by atoms with Crippen molar-refractivity contribution in [2.24, 2.45) is 0 Å². The number of rotatable bonds is 4. The molecule has 27 heavy (non-hydrogen) atoms. The zero-order chi connectivity index (χ0) is 17.9. The maximum absolute atomic E-state index is 12.8. The first-order chi connectivity index (χ1) is 12.8. The van der Waals surface area contributed by atoms with Gasteiger partial charge in [-0.1, -0.05) is 37.8 Å². The molecule has 0 saturated heterocycles. The first-order valence-corrected chi connectivity index (χ1v) is 8.00. The third-order valence-corrected chi connectivity index (χ3v) is 4.07. The Morgan fingerprint density at radius 2 is 1.89 bits per heavy atom. The first kappa shape index (κ1) is 17.9. The minimum atomic E-state index is -0.255. The van der Waals surface area contributed by atoms with Crippen LogP contribution in [0.1, 0.15) is 18.6 Å². The molecular weight excluding hydrogens is 340 g/mol. The number of H-pyrrole nitrogens is 1. The first-order valence-electron chi connectivity index (χ1n) is 8.00. The van der Waals surface area contributed by atoms with E-state index >= 15 is 0 Å². The molecule has 0 aliphatic heterocycles. The molecule has 3 aromatic heterocycles. The normalized spacial score (nSPS) is 10.2. The van der Waals surface area contributed by atoms with Crippen molar-refractivity contribution >= 4 is 11.5 Å². The van der Waals surface area contributed by atoms with Crippen molar-refractivity contribution in [2.75, 3.05) is 5.32 Å². The highest BCUT2D eigenvalue weighted by atomic mass is 16.1. The largest absolute Gasteiger partial charge is 0.365 e. The average molecular weight is 358 g/mol. The van der Waals surface area contributed by atoms with Crippen LogP contribution in [0.2, 0.25) is 0 Å². The van der Waals surface area contributed by atoms with E-state index < -0.39 is 0 Å². The van der Waals surface area contributed by atoms with Crippen LogP contribution in [0.3, 0.4) is 0 Å². The van der Waals surface area contributed by atoms with E-state index in [1.165, 1.54) is 10.7 Å². The lowest BCUT2D eigenvalue weighted by Gasteiger charge is -2.03. The summed E-state index contributed by atoms with van der Waals surface area (Å²) in [6, 6.07) is 15.2. The lowest BCUT2D eigenvalue weighted by molar-refractivity contribution is 0.898. The predicted molar refractivity (Wildman–Crippen MR) is 104 cm³/mol. The van der Waals surface area contributed by atoms with Crippen LogP contribution in [-0.4, -0.2) is 19.6 Å². The quantitative estimate of drug-likeness (QED) is 0.584. The van der Waals surface area contributed by atoms with E-state index in [1.807, 2.05) is 42.5 Å². The third-order valence-electron chi connectivity index (χ3n) is 4.07. The van der Waals surface area contributed by atoms with Crippen molar-refractivity contribution in [3.63, 3.8) is 0 Å². The summed E-state index contributed by atoms with van der Waals surface area (Å²) in [5, 5.41) is 15.6. The third kappa shape index (κ3) is 3.28. The number of aromatic amines is 1. The fourth-order valence-electron chi connectivity index (χ4n) is 2.76. The summed E-state index contributed by atoms with van der Waals surface area (Å²) in [5.41, 5.74) is 2.60. The smallest absolute Gasteiger partial charge is 0.280 e. The summed E-state index contributed by atoms with van der Waals surface area (Å²) in [6.07, 6.45) is 4.91. The van der Waals surface area contributed by atoms with Crippen LogP contribution in [0.4, 0.5) is 5.82 Å². The Morgan fingerprint density at radius 1 is 1.15 bits per heavy atom. The zero-order valence-corrected chi connectivity index (χ0v) is 13.7. The predicted octanol–water partition coefficient (Wildman–Crippen LogP) is 3.20. The highest BCUT2D eigenvalue weighted by Crippen LogP contribution is 2.20. The molecule has 134 valence electrons. The van der Waals surface area contributed by atoms with E-state index in [-0.39, 0.29) is 13.0 Å². The fourth-order valence-corrected chi connectivity index (χ4v) is 2.76. The van der Waals surface area contributed by atoms with Crippen molar-refractivity contribution in [2.45, 2.75) is 14.0 Å². The van der Waals surface area contributed by atoms with Crippen molar-refractivity contribution in [3.05, 3.63) is 82.5 Å². The topological polar surface area (TPSA) is 98.9 Å². The number of nitrogens with zero attached hydrogens (tertiary/aromatic N) is 4. The number of hydrogen-bond donors (Lipinski definition) is 2. The molecule has 0 unspecified atom stereocenters. The van der Waals surface area contributed by atoms with Crippen molar-refractivity contribution < 1.29 is 0 Å². The molecule has 0 atom stereocenters. The van der Waals surface area contributed by atoms with Crippen LogP contribution in [-0.2, 0) is 6.54 Å². The summed E-state index contributed by atoms with van der Waals surface area (Å²) in [7, 11) is 0. The SMILES string of the molecule is C.N#Cc1c(NCc2ccncc2)[nH]n2c(=O)c(-c3ccccc3)cnc12. The molecule has 0 aliphatic rings. The van der Waals surface area contributed by atoms with Gasteiger partial charge in [0.15, 0.2) is 5.65 Å². The van der Waals surface area contributed by atoms with Crippen LogP contribution in [0.25, 0.3) is 16.8 Å². The molecule has 0 aliphatic carbocycles. The second-order valence-electron chi connectivity index (χ2n) is 5.68. The number of hydrogen-bond acceptors (Lipinski definition) is 5. The van der Waals surface area contributed by atoms with Crippen molar-refractivity contribution in [3.8, 4) is 17.2 Å². The van der Waals surface area contributed by atoms with Gasteiger partial charge in [-0.25, -0.2) is 4.98 Å². The van der Waals surface area contributed by atoms with Crippen LogP contribution in [0.15, 0.2) is 65.8 Å². The second kappa shape index (κ2) is 7.54. The van der Waals surface area contributed by atoms with Gasteiger partial charge in [-0.15, -0.1) is 0 Å². The zero-order valence-electron chi connectivity index (χ0n) is 13.7. The molecule has 4 rings (SSSR count). The Balaban J connectivity index is 0.00000210. The molecule has 3 heterocycles. The summed E-state index contributed by atoms with van der Waals surface area (Å²) in [5.74, 6) is 0.458. The second-order valence-corrected chi connectivity index (χ2v) is 5.68. The average Bonchev–Trinajstić information content (AvgIpc) is 3.06. The lowest BCUT2D eigenvalue weighted by Crippen LogP contribution is -2.17. The molecule has 4 aromatic rings. The Bertz CT molecular complexity index is 1160. The molecule has 1 aromatic carbocycles. The van der Waals surface area contributed by atoms with Gasteiger partial charge in [0.2, 0.25) is 0 Å². The molecular formula is C20H18N6O. The maximum Gasteiger partial charge on any atom is 0.280 e. The lowest BCUT2D eigenvalue weighted by atomic mass is 10.1. The summed E-state index contributed by atoms with van der Waals surface area (Å²) < 4.78 is 1.30. The van der Waals surface area contributed by atoms with Gasteiger partial charge in [0.1, 0.15) is 17.5 Å². The van der Waals surface area contributed by atoms with E-state index in [9.17, 15) is 10.1 Å². The van der Waals surface area contributed by atoms with Gasteiger partial charge in [0, 0.05) is 25.1 Å². The molecule has 2 N–H and O–H groups in total. The van der Waals surface area contributed by atoms with Gasteiger partial charge >= 0.3 is 0 Å². The van der Waals surface area contributed by atoms with Gasteiger partial charge in [-0.3, -0.25) is 14.9 Å². The molecule has 0 radical (unpaired) electrons. The van der Waals surface area contributed by atoms with Gasteiger partial charge in [-0.05, 0) is 23.3 Å². The Hall–Kier alpha value is -3.92. The number of aromatic nitrogens is 4. The summed E-state index contributed by atoms with van der Waals surface area (Å²) in [4.78, 5) is 21.1. The summed E-state index contributed by atoms with van der Waals surface area (Å²) in [6.45, 7) is 0.490. The van der Waals surface area contributed by atoms with E-state index in [1.54, 1.807) is 12.4 Å². The van der Waals surface area contributed by atoms with Gasteiger partial charge in [0.05, 0.1) is 5.56 Å². The number of benzene rings is 1. The van der Waals surface area contributed by atoms with Crippen LogP contribution in [0.5, 0.6) is 0 Å². The minimum Gasteiger partial charge on any atom is -0.365 e. The highest BCUT2D eigenvalue weighted by Gasteiger charge is 2.16. The standard InChI is InChI=1S/C19H14N6O.CH4/c20-10-15-17(22-11-13-6-8-21-9-7-13)24-25-18(15)23-12-16(19(25)26)14-4-2-1-3-5-14;/h1-9,12,22,24H,11H2;1H4. The Morgan fingerprint density at radius 3 is 2.59 bits per heavy atom. The molecule has 0 fully saturated rings. The number of nitriles is 1. The van der Waals surface area contributed by atoms with Crippen molar-refractivity contribution in [1.82, 2.24) is 19.6 Å². The van der Waals surface area contributed by atoms with Gasteiger partial charge in [0.25, 0.3) is 5.56 Å². The summed E-state index contributed by atoms with van der Waals surface area (Å²) >= 11 is 0. The molecule has 7 nitrogen and oxygen atoms in total. The monoisotopic (exact) mass is 358 g/mol. The molecule has 0 saturated carbocycles. The van der Waals surface area contributed by atoms with Crippen LogP contribution < -0.4 is 10.9 Å². The fraction of sp³-hybridized carbons (Fsp3) is 0.100. The molecule has 7 heteroatoms. The van der Waals surface area contributed by atoms with Crippen LogP contribution >= 0.6 is 0 Å². The van der Waals surface area contributed by atoms with Crippen LogP contribution in [0, 0.1) is 11.3 Å². The number of fused-ring (bicyclic) bond motifs is 1. The van der Waals surface area contributed by atoms with E-state index in [0.29, 0.717) is 29.1 Å². The van der Waals surface area contributed by atoms with E-state index in [2.05, 4.69) is 26.5 Å². The minimum absolute atomic E-state index is 0. The maximum atomic E-state index is 12.8. The van der Waals surface area contributed by atoms with E-state index in [4.69, 9.17) is 0 Å². The molecule has 0 spiro atoms. The molecule has 0 bridgehead atoms. The van der Waals surface area contributed by atoms with E-state index in [0.717, 1.165) is 11.1 Å². The number of nitrogens with one attached hydrogen (secondary N) is 2. The number of pyridine rings is 1. The van der Waals surface area contributed by atoms with Crippen molar-refractivity contribution in [1.29, 1.82) is 5.26 Å². The number of anilines is 1. The Kier molecular flexibility index (Phi) is 4.99. The highest BCUT2D eigenvalue weighted by molar-refractivity contribution is 5.70.